The summed E-state index contributed by atoms with van der Waals surface area (Å²) in [5.41, 5.74) is 3.11. The molecule has 0 spiro atoms. The van der Waals surface area contributed by atoms with Gasteiger partial charge in [0, 0.05) is 23.7 Å². The number of carbonyl (C=O) groups is 1. The molecule has 0 bridgehead atoms. The fourth-order valence-electron chi connectivity index (χ4n) is 3.47. The number of hydrogen-bond acceptors (Lipinski definition) is 3. The van der Waals surface area contributed by atoms with E-state index in [4.69, 9.17) is 23.2 Å². The van der Waals surface area contributed by atoms with Gasteiger partial charge in [0.25, 0.3) is 5.91 Å². The molecule has 4 rings (SSSR count). The fraction of sp³-hybridized carbons (Fsp3) is 0.300. The molecule has 2 heterocycles. The van der Waals surface area contributed by atoms with Crippen LogP contribution in [0.2, 0.25) is 10.0 Å². The Labute approximate surface area is 167 Å². The molecule has 3 aromatic rings. The Morgan fingerprint density at radius 3 is 2.70 bits per heavy atom. The zero-order chi connectivity index (χ0) is 19.0. The number of hydrogen-bond donors (Lipinski definition) is 2. The predicted molar refractivity (Wildman–Crippen MR) is 110 cm³/mol. The summed E-state index contributed by atoms with van der Waals surface area (Å²) in [5.74, 6) is 0.660. The summed E-state index contributed by atoms with van der Waals surface area (Å²) in [6.45, 7) is 1.78. The third-order valence-electron chi connectivity index (χ3n) is 5.11. The number of benzene rings is 2. The minimum absolute atomic E-state index is 0.0509. The first-order valence-corrected chi connectivity index (χ1v) is 9.70. The maximum absolute atomic E-state index is 12.4. The Morgan fingerprint density at radius 1 is 1.26 bits per heavy atom. The second kappa shape index (κ2) is 7.50. The molecule has 0 aliphatic carbocycles. The average Bonchev–Trinajstić information content (AvgIpc) is 3.26. The van der Waals surface area contributed by atoms with E-state index in [0.29, 0.717) is 34.0 Å². The molecule has 0 radical (unpaired) electrons. The maximum Gasteiger partial charge on any atom is 0.251 e. The predicted octanol–water partition coefficient (Wildman–Crippen LogP) is 4.36. The number of H-pyrrole nitrogens is 1. The lowest BCUT2D eigenvalue weighted by Gasteiger charge is -2.19. The Morgan fingerprint density at radius 2 is 2.00 bits per heavy atom. The van der Waals surface area contributed by atoms with Crippen LogP contribution in [0.15, 0.2) is 36.4 Å². The number of halogens is 2. The SMILES string of the molecule is CN1CCC[C@H]1CNC(=O)c1ccc(-c2nc3cc(Cl)c(Cl)cc3[nH]2)cc1. The lowest BCUT2D eigenvalue weighted by Crippen LogP contribution is -2.38. The van der Waals surface area contributed by atoms with Crippen molar-refractivity contribution in [2.24, 2.45) is 0 Å². The van der Waals surface area contributed by atoms with Crippen LogP contribution in [0.1, 0.15) is 23.2 Å². The van der Waals surface area contributed by atoms with Gasteiger partial charge in [-0.1, -0.05) is 35.3 Å². The van der Waals surface area contributed by atoms with Crippen LogP contribution >= 0.6 is 23.2 Å². The van der Waals surface area contributed by atoms with Gasteiger partial charge in [0.15, 0.2) is 0 Å². The number of nitrogens with one attached hydrogen (secondary N) is 2. The van der Waals surface area contributed by atoms with E-state index in [1.807, 2.05) is 24.3 Å². The highest BCUT2D eigenvalue weighted by atomic mass is 35.5. The second-order valence-electron chi connectivity index (χ2n) is 6.93. The molecule has 2 N–H and O–H groups in total. The number of carbonyl (C=O) groups excluding carboxylic acids is 1. The molecule has 7 heteroatoms. The lowest BCUT2D eigenvalue weighted by molar-refractivity contribution is 0.0943. The normalized spacial score (nSPS) is 17.5. The van der Waals surface area contributed by atoms with Crippen LogP contribution in [0.25, 0.3) is 22.4 Å². The largest absolute Gasteiger partial charge is 0.350 e. The molecular weight excluding hydrogens is 383 g/mol. The van der Waals surface area contributed by atoms with Gasteiger partial charge in [0.2, 0.25) is 0 Å². The summed E-state index contributed by atoms with van der Waals surface area (Å²) in [6, 6.07) is 11.3. The van der Waals surface area contributed by atoms with Gasteiger partial charge in [-0.15, -0.1) is 0 Å². The van der Waals surface area contributed by atoms with Gasteiger partial charge in [0.1, 0.15) is 5.82 Å². The highest BCUT2D eigenvalue weighted by Crippen LogP contribution is 2.28. The second-order valence-corrected chi connectivity index (χ2v) is 7.75. The van der Waals surface area contributed by atoms with E-state index in [1.165, 1.54) is 6.42 Å². The highest BCUT2D eigenvalue weighted by molar-refractivity contribution is 6.42. The quantitative estimate of drug-likeness (QED) is 0.681. The van der Waals surface area contributed by atoms with Crippen LogP contribution in [0.4, 0.5) is 0 Å². The van der Waals surface area contributed by atoms with E-state index in [1.54, 1.807) is 12.1 Å². The fourth-order valence-corrected chi connectivity index (χ4v) is 3.79. The van der Waals surface area contributed by atoms with Gasteiger partial charge in [-0.3, -0.25) is 4.79 Å². The third kappa shape index (κ3) is 3.81. The molecule has 1 atom stereocenters. The third-order valence-corrected chi connectivity index (χ3v) is 5.84. The van der Waals surface area contributed by atoms with Gasteiger partial charge >= 0.3 is 0 Å². The minimum Gasteiger partial charge on any atom is -0.350 e. The highest BCUT2D eigenvalue weighted by Gasteiger charge is 2.21. The van der Waals surface area contributed by atoms with Crippen molar-refractivity contribution < 1.29 is 4.79 Å². The number of aromatic amines is 1. The number of likely N-dealkylation sites (N-methyl/N-ethyl adjacent to an activating group) is 1. The maximum atomic E-state index is 12.4. The van der Waals surface area contributed by atoms with E-state index >= 15 is 0 Å². The standard InChI is InChI=1S/C20H20Cl2N4O/c1-26-8-2-3-14(26)11-23-20(27)13-6-4-12(5-7-13)19-24-17-9-15(21)16(22)10-18(17)25-19/h4-7,9-10,14H,2-3,8,11H2,1H3,(H,23,27)(H,24,25)/t14-/m0/s1. The number of nitrogens with zero attached hydrogens (tertiary/aromatic N) is 2. The summed E-state index contributed by atoms with van der Waals surface area (Å²) >= 11 is 12.1. The summed E-state index contributed by atoms with van der Waals surface area (Å²) in [5, 5.41) is 3.99. The van der Waals surface area contributed by atoms with Crippen LogP contribution in [0.3, 0.4) is 0 Å². The van der Waals surface area contributed by atoms with Crippen LogP contribution in [-0.2, 0) is 0 Å². The Hall–Kier alpha value is -2.08. The molecule has 2 aromatic carbocycles. The summed E-state index contributed by atoms with van der Waals surface area (Å²) in [6.07, 6.45) is 2.33. The number of aromatic nitrogens is 2. The molecule has 27 heavy (non-hydrogen) atoms. The van der Waals surface area contributed by atoms with Crippen molar-refractivity contribution in [3.8, 4) is 11.4 Å². The van der Waals surface area contributed by atoms with Crippen molar-refractivity contribution in [3.05, 3.63) is 52.0 Å². The number of rotatable bonds is 4. The summed E-state index contributed by atoms with van der Waals surface area (Å²) in [7, 11) is 2.10. The van der Waals surface area contributed by atoms with E-state index in [9.17, 15) is 4.79 Å². The Bertz CT molecular complexity index is 945. The molecule has 1 saturated heterocycles. The number of fused-ring (bicyclic) bond motifs is 1. The molecule has 1 fully saturated rings. The number of imidazole rings is 1. The Balaban J connectivity index is 1.47. The van der Waals surface area contributed by atoms with E-state index in [2.05, 4.69) is 27.2 Å². The molecule has 1 aromatic heterocycles. The monoisotopic (exact) mass is 402 g/mol. The smallest absolute Gasteiger partial charge is 0.251 e. The van der Waals surface area contributed by atoms with Crippen LogP contribution in [0, 0.1) is 0 Å². The first-order chi connectivity index (χ1) is 13.0. The van der Waals surface area contributed by atoms with E-state index in [-0.39, 0.29) is 5.91 Å². The zero-order valence-electron chi connectivity index (χ0n) is 14.9. The molecule has 1 amide bonds. The minimum atomic E-state index is -0.0509. The topological polar surface area (TPSA) is 61.0 Å². The van der Waals surface area contributed by atoms with E-state index < -0.39 is 0 Å². The molecule has 1 aliphatic rings. The van der Waals surface area contributed by atoms with Crippen LogP contribution in [-0.4, -0.2) is 47.0 Å². The number of likely N-dealkylation sites (tertiary alicyclic amines) is 1. The van der Waals surface area contributed by atoms with Gasteiger partial charge in [0.05, 0.1) is 21.1 Å². The first-order valence-electron chi connectivity index (χ1n) is 8.95. The Kier molecular flexibility index (Phi) is 5.08. The van der Waals surface area contributed by atoms with Crippen LogP contribution < -0.4 is 5.32 Å². The van der Waals surface area contributed by atoms with Gasteiger partial charge < -0.3 is 15.2 Å². The van der Waals surface area contributed by atoms with Gasteiger partial charge in [-0.25, -0.2) is 4.98 Å². The lowest BCUT2D eigenvalue weighted by atomic mass is 10.1. The van der Waals surface area contributed by atoms with E-state index in [0.717, 1.165) is 29.6 Å². The van der Waals surface area contributed by atoms with Crippen molar-refractivity contribution in [1.82, 2.24) is 20.2 Å². The molecule has 0 unspecified atom stereocenters. The van der Waals surface area contributed by atoms with Crippen molar-refractivity contribution in [3.63, 3.8) is 0 Å². The summed E-state index contributed by atoms with van der Waals surface area (Å²) in [4.78, 5) is 22.5. The van der Waals surface area contributed by atoms with Gasteiger partial charge in [-0.05, 0) is 50.7 Å². The molecule has 1 aliphatic heterocycles. The van der Waals surface area contributed by atoms with Crippen molar-refractivity contribution in [2.75, 3.05) is 20.1 Å². The average molecular weight is 403 g/mol. The van der Waals surface area contributed by atoms with Crippen molar-refractivity contribution in [2.45, 2.75) is 18.9 Å². The number of amides is 1. The van der Waals surface area contributed by atoms with Crippen molar-refractivity contribution in [1.29, 1.82) is 0 Å². The molecule has 0 saturated carbocycles. The zero-order valence-corrected chi connectivity index (χ0v) is 16.4. The van der Waals surface area contributed by atoms with Crippen molar-refractivity contribution >= 4 is 40.1 Å². The molecule has 140 valence electrons. The molecular formula is C20H20Cl2N4O. The summed E-state index contributed by atoms with van der Waals surface area (Å²) < 4.78 is 0. The molecule has 5 nitrogen and oxygen atoms in total. The van der Waals surface area contributed by atoms with Gasteiger partial charge in [-0.2, -0.15) is 0 Å². The first kappa shape index (κ1) is 18.3. The van der Waals surface area contributed by atoms with Crippen LogP contribution in [0.5, 0.6) is 0 Å².